The van der Waals surface area contributed by atoms with Crippen LogP contribution in [0, 0.1) is 0 Å². The average molecular weight is 445 g/mol. The molecule has 1 fully saturated rings. The molecule has 2 aromatic carbocycles. The summed E-state index contributed by atoms with van der Waals surface area (Å²) in [6.07, 6.45) is 3.17. The van der Waals surface area contributed by atoms with Crippen LogP contribution in [0.15, 0.2) is 53.4 Å². The van der Waals surface area contributed by atoms with Gasteiger partial charge in [0.05, 0.1) is 12.0 Å². The molecule has 0 bridgehead atoms. The number of sulfonamides is 1. The second-order valence-corrected chi connectivity index (χ2v) is 9.06. The SMILES string of the molecule is COc1cc(C=CC(=O)N2CCN(S(=O)(=O)c3ccccc3)CC2)cc2c1OCCO2. The number of piperazine rings is 1. The second kappa shape index (κ2) is 8.99. The molecule has 8 nitrogen and oxygen atoms in total. The fourth-order valence-electron chi connectivity index (χ4n) is 3.55. The predicted octanol–water partition coefficient (Wildman–Crippen LogP) is 2.01. The van der Waals surface area contributed by atoms with E-state index in [4.69, 9.17) is 14.2 Å². The van der Waals surface area contributed by atoms with Crippen molar-refractivity contribution in [3.63, 3.8) is 0 Å². The van der Waals surface area contributed by atoms with Crippen molar-refractivity contribution in [3.8, 4) is 17.2 Å². The molecule has 0 atom stereocenters. The maximum atomic E-state index is 12.7. The Labute approximate surface area is 181 Å². The van der Waals surface area contributed by atoms with Gasteiger partial charge in [-0.25, -0.2) is 8.42 Å². The average Bonchev–Trinajstić information content (AvgIpc) is 2.82. The van der Waals surface area contributed by atoms with E-state index < -0.39 is 10.0 Å². The Morgan fingerprint density at radius 3 is 2.45 bits per heavy atom. The molecule has 0 N–H and O–H groups in total. The minimum absolute atomic E-state index is 0.175. The monoisotopic (exact) mass is 444 g/mol. The van der Waals surface area contributed by atoms with E-state index >= 15 is 0 Å². The van der Waals surface area contributed by atoms with E-state index in [-0.39, 0.29) is 23.9 Å². The summed E-state index contributed by atoms with van der Waals surface area (Å²) >= 11 is 0. The van der Waals surface area contributed by atoms with Crippen LogP contribution < -0.4 is 14.2 Å². The summed E-state index contributed by atoms with van der Waals surface area (Å²) in [5.41, 5.74) is 0.750. The molecule has 31 heavy (non-hydrogen) atoms. The van der Waals surface area contributed by atoms with Crippen LogP contribution in [0.2, 0.25) is 0 Å². The van der Waals surface area contributed by atoms with Gasteiger partial charge in [0.15, 0.2) is 11.5 Å². The quantitative estimate of drug-likeness (QED) is 0.656. The third kappa shape index (κ3) is 4.52. The number of ether oxygens (including phenoxy) is 3. The number of methoxy groups -OCH3 is 1. The Morgan fingerprint density at radius 2 is 1.74 bits per heavy atom. The molecular formula is C22H24N2O6S. The van der Waals surface area contributed by atoms with Crippen LogP contribution in [0.3, 0.4) is 0 Å². The van der Waals surface area contributed by atoms with Crippen LogP contribution >= 0.6 is 0 Å². The van der Waals surface area contributed by atoms with Gasteiger partial charge >= 0.3 is 0 Å². The third-order valence-electron chi connectivity index (χ3n) is 5.20. The highest BCUT2D eigenvalue weighted by molar-refractivity contribution is 7.89. The zero-order chi connectivity index (χ0) is 21.8. The molecule has 164 valence electrons. The highest BCUT2D eigenvalue weighted by atomic mass is 32.2. The normalized spacial score (nSPS) is 17.0. The fourth-order valence-corrected chi connectivity index (χ4v) is 5.00. The maximum absolute atomic E-state index is 12.7. The van der Waals surface area contributed by atoms with E-state index in [9.17, 15) is 13.2 Å². The van der Waals surface area contributed by atoms with E-state index in [2.05, 4.69) is 0 Å². The van der Waals surface area contributed by atoms with Gasteiger partial charge in [0.25, 0.3) is 0 Å². The van der Waals surface area contributed by atoms with Gasteiger partial charge in [-0.1, -0.05) is 18.2 Å². The summed E-state index contributed by atoms with van der Waals surface area (Å²) in [5.74, 6) is 1.51. The van der Waals surface area contributed by atoms with E-state index in [1.54, 1.807) is 60.6 Å². The molecule has 0 aliphatic carbocycles. The lowest BCUT2D eigenvalue weighted by Crippen LogP contribution is -2.50. The first-order valence-electron chi connectivity index (χ1n) is 9.99. The predicted molar refractivity (Wildman–Crippen MR) is 115 cm³/mol. The van der Waals surface area contributed by atoms with Gasteiger partial charge in [0, 0.05) is 32.3 Å². The van der Waals surface area contributed by atoms with E-state index in [1.807, 2.05) is 0 Å². The Kier molecular flexibility index (Phi) is 6.15. The zero-order valence-corrected chi connectivity index (χ0v) is 18.0. The third-order valence-corrected chi connectivity index (χ3v) is 7.11. The highest BCUT2D eigenvalue weighted by Gasteiger charge is 2.29. The number of hydrogen-bond donors (Lipinski definition) is 0. The van der Waals surface area contributed by atoms with Crippen LogP contribution in [-0.4, -0.2) is 70.0 Å². The molecule has 4 rings (SSSR count). The number of carbonyl (C=O) groups is 1. The molecule has 0 unspecified atom stereocenters. The number of fused-ring (bicyclic) bond motifs is 1. The molecular weight excluding hydrogens is 420 g/mol. The minimum atomic E-state index is -3.55. The molecule has 2 heterocycles. The van der Waals surface area contributed by atoms with Crippen molar-refractivity contribution in [3.05, 3.63) is 54.1 Å². The van der Waals surface area contributed by atoms with Crippen LogP contribution in [0.1, 0.15) is 5.56 Å². The minimum Gasteiger partial charge on any atom is -0.493 e. The fraction of sp³-hybridized carbons (Fsp3) is 0.318. The first-order valence-corrected chi connectivity index (χ1v) is 11.4. The smallest absolute Gasteiger partial charge is 0.246 e. The van der Waals surface area contributed by atoms with E-state index in [0.717, 1.165) is 5.56 Å². The highest BCUT2D eigenvalue weighted by Crippen LogP contribution is 2.40. The van der Waals surface area contributed by atoms with Gasteiger partial charge in [0.1, 0.15) is 13.2 Å². The lowest BCUT2D eigenvalue weighted by atomic mass is 10.1. The van der Waals surface area contributed by atoms with Gasteiger partial charge in [-0.15, -0.1) is 0 Å². The number of nitrogens with zero attached hydrogens (tertiary/aromatic N) is 2. The summed E-state index contributed by atoms with van der Waals surface area (Å²) in [7, 11) is -1.99. The Hall–Kier alpha value is -3.04. The number of amides is 1. The van der Waals surface area contributed by atoms with Crippen molar-refractivity contribution in [2.24, 2.45) is 0 Å². The largest absolute Gasteiger partial charge is 0.493 e. The summed E-state index contributed by atoms with van der Waals surface area (Å²) in [5, 5.41) is 0. The number of carbonyl (C=O) groups excluding carboxylic acids is 1. The van der Waals surface area contributed by atoms with E-state index in [1.165, 1.54) is 10.4 Å². The number of hydrogen-bond acceptors (Lipinski definition) is 6. The lowest BCUT2D eigenvalue weighted by Gasteiger charge is -2.33. The molecule has 0 spiro atoms. The molecule has 0 saturated carbocycles. The van der Waals surface area contributed by atoms with E-state index in [0.29, 0.717) is 43.6 Å². The molecule has 2 aliphatic rings. The Bertz CT molecular complexity index is 1060. The molecule has 2 aliphatic heterocycles. The molecule has 0 aromatic heterocycles. The van der Waals surface area contributed by atoms with Crippen molar-refractivity contribution < 1.29 is 27.4 Å². The van der Waals surface area contributed by atoms with Gasteiger partial charge in [-0.05, 0) is 35.9 Å². The van der Waals surface area contributed by atoms with Crippen molar-refractivity contribution in [2.75, 3.05) is 46.5 Å². The molecule has 1 saturated heterocycles. The van der Waals surface area contributed by atoms with Gasteiger partial charge < -0.3 is 19.1 Å². The van der Waals surface area contributed by atoms with Gasteiger partial charge in [-0.3, -0.25) is 4.79 Å². The summed E-state index contributed by atoms with van der Waals surface area (Å²) in [4.78, 5) is 14.5. The van der Waals surface area contributed by atoms with Crippen LogP contribution in [-0.2, 0) is 14.8 Å². The van der Waals surface area contributed by atoms with Crippen molar-refractivity contribution in [2.45, 2.75) is 4.90 Å². The lowest BCUT2D eigenvalue weighted by molar-refractivity contribution is -0.127. The number of rotatable bonds is 5. The van der Waals surface area contributed by atoms with Crippen molar-refractivity contribution in [1.82, 2.24) is 9.21 Å². The van der Waals surface area contributed by atoms with Crippen molar-refractivity contribution >= 4 is 22.0 Å². The molecule has 1 amide bonds. The zero-order valence-electron chi connectivity index (χ0n) is 17.2. The first-order chi connectivity index (χ1) is 15.0. The first kappa shape index (κ1) is 21.2. The molecule has 0 radical (unpaired) electrons. The van der Waals surface area contributed by atoms with Gasteiger partial charge in [0.2, 0.25) is 21.7 Å². The van der Waals surface area contributed by atoms with Gasteiger partial charge in [-0.2, -0.15) is 4.31 Å². The molecule has 2 aromatic rings. The second-order valence-electron chi connectivity index (χ2n) is 7.12. The van der Waals surface area contributed by atoms with Crippen molar-refractivity contribution in [1.29, 1.82) is 0 Å². The Balaban J connectivity index is 1.40. The topological polar surface area (TPSA) is 85.4 Å². The maximum Gasteiger partial charge on any atom is 0.246 e. The Morgan fingerprint density at radius 1 is 1.03 bits per heavy atom. The van der Waals surface area contributed by atoms with Crippen LogP contribution in [0.5, 0.6) is 17.2 Å². The van der Waals surface area contributed by atoms with Crippen LogP contribution in [0.4, 0.5) is 0 Å². The standard InChI is InChI=1S/C22H24N2O6S/c1-28-19-15-17(16-20-22(19)30-14-13-29-20)7-8-21(25)23-9-11-24(12-10-23)31(26,27)18-5-3-2-4-6-18/h2-8,15-16H,9-14H2,1H3. The summed E-state index contributed by atoms with van der Waals surface area (Å²) < 4.78 is 43.4. The van der Waals surface area contributed by atoms with Crippen LogP contribution in [0.25, 0.3) is 6.08 Å². The summed E-state index contributed by atoms with van der Waals surface area (Å²) in [6, 6.07) is 11.9. The number of benzene rings is 2. The summed E-state index contributed by atoms with van der Waals surface area (Å²) in [6.45, 7) is 2.10. The molecule has 9 heteroatoms.